The van der Waals surface area contributed by atoms with Gasteiger partial charge in [-0.05, 0) is 12.8 Å². The van der Waals surface area contributed by atoms with E-state index in [1.165, 1.54) is 6.42 Å². The molecule has 0 spiro atoms. The predicted molar refractivity (Wildman–Crippen MR) is 53.7 cm³/mol. The number of epoxide rings is 1. The monoisotopic (exact) mass is 184 g/mol. The van der Waals surface area contributed by atoms with E-state index in [0.717, 1.165) is 0 Å². The van der Waals surface area contributed by atoms with Crippen molar-refractivity contribution in [2.45, 2.75) is 38.9 Å². The van der Waals surface area contributed by atoms with Gasteiger partial charge in [-0.1, -0.05) is 32.4 Å². The Morgan fingerprint density at radius 2 is 2.23 bits per heavy atom. The van der Waals surface area contributed by atoms with E-state index in [0.29, 0.717) is 18.6 Å². The van der Waals surface area contributed by atoms with Gasteiger partial charge >= 0.3 is 0 Å². The largest absolute Gasteiger partial charge is 0.381 e. The fourth-order valence-electron chi connectivity index (χ4n) is 1.36. The van der Waals surface area contributed by atoms with Crippen molar-refractivity contribution in [3.05, 3.63) is 12.2 Å². The van der Waals surface area contributed by atoms with E-state index in [4.69, 9.17) is 9.47 Å². The van der Waals surface area contributed by atoms with Gasteiger partial charge in [0.25, 0.3) is 0 Å². The summed E-state index contributed by atoms with van der Waals surface area (Å²) in [6.45, 7) is 7.15. The molecule has 1 rings (SSSR count). The molecular formula is C11H20O2. The Bertz CT molecular complexity index is 189. The lowest BCUT2D eigenvalue weighted by Gasteiger charge is -2.07. The molecule has 76 valence electrons. The van der Waals surface area contributed by atoms with Gasteiger partial charge in [-0.3, -0.25) is 0 Å². The molecule has 0 aliphatic carbocycles. The van der Waals surface area contributed by atoms with E-state index in [-0.39, 0.29) is 5.60 Å². The van der Waals surface area contributed by atoms with Crippen LogP contribution in [0.15, 0.2) is 12.2 Å². The quantitative estimate of drug-likeness (QED) is 0.483. The first-order chi connectivity index (χ1) is 6.14. The highest BCUT2D eigenvalue weighted by molar-refractivity contribution is 5.16. The van der Waals surface area contributed by atoms with Crippen LogP contribution in [0.5, 0.6) is 0 Å². The van der Waals surface area contributed by atoms with Gasteiger partial charge in [0, 0.05) is 7.11 Å². The molecule has 0 bridgehead atoms. The van der Waals surface area contributed by atoms with Gasteiger partial charge in [-0.2, -0.15) is 0 Å². The van der Waals surface area contributed by atoms with Crippen molar-refractivity contribution in [3.63, 3.8) is 0 Å². The molecular weight excluding hydrogens is 164 g/mol. The van der Waals surface area contributed by atoms with Crippen molar-refractivity contribution in [3.8, 4) is 0 Å². The standard InChI is InChI=1S/C11H20O2/c1-5-9(2)6-7-11(8-12-4)10(3)13-11/h6-7,9-10H,5,8H2,1-4H3. The van der Waals surface area contributed by atoms with E-state index < -0.39 is 0 Å². The third-order valence-electron chi connectivity index (χ3n) is 2.75. The van der Waals surface area contributed by atoms with Crippen LogP contribution in [-0.4, -0.2) is 25.4 Å². The lowest BCUT2D eigenvalue weighted by Crippen LogP contribution is -2.18. The minimum absolute atomic E-state index is 0.113. The summed E-state index contributed by atoms with van der Waals surface area (Å²) in [5.41, 5.74) is -0.113. The van der Waals surface area contributed by atoms with E-state index in [1.54, 1.807) is 7.11 Å². The maximum atomic E-state index is 5.53. The number of rotatable bonds is 5. The number of hydrogen-bond acceptors (Lipinski definition) is 2. The molecule has 0 saturated carbocycles. The first-order valence-electron chi connectivity index (χ1n) is 5.00. The third kappa shape index (κ3) is 2.55. The smallest absolute Gasteiger partial charge is 0.136 e. The van der Waals surface area contributed by atoms with Gasteiger partial charge < -0.3 is 9.47 Å². The first kappa shape index (κ1) is 10.7. The normalized spacial score (nSPS) is 35.2. The first-order valence-corrected chi connectivity index (χ1v) is 5.00. The lowest BCUT2D eigenvalue weighted by molar-refractivity contribution is 0.142. The van der Waals surface area contributed by atoms with Crippen LogP contribution >= 0.6 is 0 Å². The van der Waals surface area contributed by atoms with Crippen LogP contribution in [0.3, 0.4) is 0 Å². The Morgan fingerprint density at radius 1 is 1.62 bits per heavy atom. The minimum Gasteiger partial charge on any atom is -0.381 e. The number of methoxy groups -OCH3 is 1. The third-order valence-corrected chi connectivity index (χ3v) is 2.75. The predicted octanol–water partition coefficient (Wildman–Crippen LogP) is 2.39. The van der Waals surface area contributed by atoms with E-state index in [9.17, 15) is 0 Å². The van der Waals surface area contributed by atoms with Crippen molar-refractivity contribution in [2.75, 3.05) is 13.7 Å². The van der Waals surface area contributed by atoms with Crippen LogP contribution in [0.1, 0.15) is 27.2 Å². The summed E-state index contributed by atoms with van der Waals surface area (Å²) in [6.07, 6.45) is 5.87. The zero-order valence-electron chi connectivity index (χ0n) is 9.04. The zero-order valence-corrected chi connectivity index (χ0v) is 9.04. The van der Waals surface area contributed by atoms with Crippen molar-refractivity contribution in [1.29, 1.82) is 0 Å². The fraction of sp³-hybridized carbons (Fsp3) is 0.818. The average Bonchev–Trinajstić information content (AvgIpc) is 2.74. The molecule has 0 aromatic rings. The van der Waals surface area contributed by atoms with E-state index in [1.807, 2.05) is 0 Å². The molecule has 0 aromatic carbocycles. The Balaban J connectivity index is 2.45. The second-order valence-electron chi connectivity index (χ2n) is 3.89. The van der Waals surface area contributed by atoms with Gasteiger partial charge in [0.1, 0.15) is 5.60 Å². The molecule has 0 radical (unpaired) electrons. The Kier molecular flexibility index (Phi) is 3.51. The van der Waals surface area contributed by atoms with Crippen molar-refractivity contribution in [1.82, 2.24) is 0 Å². The number of ether oxygens (including phenoxy) is 2. The topological polar surface area (TPSA) is 21.8 Å². The summed E-state index contributed by atoms with van der Waals surface area (Å²) >= 11 is 0. The average molecular weight is 184 g/mol. The highest BCUT2D eigenvalue weighted by Crippen LogP contribution is 2.38. The second-order valence-corrected chi connectivity index (χ2v) is 3.89. The molecule has 0 aromatic heterocycles. The Hall–Kier alpha value is -0.340. The minimum atomic E-state index is -0.113. The molecule has 3 atom stereocenters. The summed E-state index contributed by atoms with van der Waals surface area (Å²) in [5.74, 6) is 0.630. The summed E-state index contributed by atoms with van der Waals surface area (Å²) in [7, 11) is 1.72. The highest BCUT2D eigenvalue weighted by atomic mass is 16.6. The van der Waals surface area contributed by atoms with Crippen LogP contribution in [0.25, 0.3) is 0 Å². The lowest BCUT2D eigenvalue weighted by atomic mass is 10.0. The summed E-state index contributed by atoms with van der Waals surface area (Å²) in [5, 5.41) is 0. The van der Waals surface area contributed by atoms with Crippen LogP contribution in [0.4, 0.5) is 0 Å². The molecule has 13 heavy (non-hydrogen) atoms. The molecule has 3 unspecified atom stereocenters. The molecule has 2 nitrogen and oxygen atoms in total. The fourth-order valence-corrected chi connectivity index (χ4v) is 1.36. The molecule has 0 amide bonds. The molecule has 2 heteroatoms. The van der Waals surface area contributed by atoms with Gasteiger partial charge in [0.2, 0.25) is 0 Å². The van der Waals surface area contributed by atoms with Crippen LogP contribution in [-0.2, 0) is 9.47 Å². The molecule has 1 aliphatic rings. The van der Waals surface area contributed by atoms with Crippen molar-refractivity contribution in [2.24, 2.45) is 5.92 Å². The van der Waals surface area contributed by atoms with E-state index >= 15 is 0 Å². The van der Waals surface area contributed by atoms with Gasteiger partial charge in [-0.15, -0.1) is 0 Å². The van der Waals surface area contributed by atoms with Gasteiger partial charge in [0.15, 0.2) is 0 Å². The van der Waals surface area contributed by atoms with Crippen LogP contribution < -0.4 is 0 Å². The van der Waals surface area contributed by atoms with E-state index in [2.05, 4.69) is 32.9 Å². The molecule has 1 heterocycles. The maximum absolute atomic E-state index is 5.53. The highest BCUT2D eigenvalue weighted by Gasteiger charge is 2.51. The maximum Gasteiger partial charge on any atom is 0.136 e. The van der Waals surface area contributed by atoms with Gasteiger partial charge in [0.05, 0.1) is 12.7 Å². The summed E-state index contributed by atoms with van der Waals surface area (Å²) < 4.78 is 10.7. The second kappa shape index (κ2) is 4.25. The number of allylic oxidation sites excluding steroid dienone is 1. The summed E-state index contributed by atoms with van der Waals surface area (Å²) in [4.78, 5) is 0. The zero-order chi connectivity index (χ0) is 9.90. The van der Waals surface area contributed by atoms with Crippen molar-refractivity contribution < 1.29 is 9.47 Å². The molecule has 1 aliphatic heterocycles. The molecule has 1 saturated heterocycles. The number of hydrogen-bond donors (Lipinski definition) is 0. The Labute approximate surface area is 80.9 Å². The summed E-state index contributed by atoms with van der Waals surface area (Å²) in [6, 6.07) is 0. The van der Waals surface area contributed by atoms with Crippen molar-refractivity contribution >= 4 is 0 Å². The van der Waals surface area contributed by atoms with Crippen LogP contribution in [0, 0.1) is 5.92 Å². The Morgan fingerprint density at radius 3 is 2.62 bits per heavy atom. The SMILES string of the molecule is CCC(C)C=CC1(COC)OC1C. The molecule has 1 fully saturated rings. The molecule has 0 N–H and O–H groups in total. The van der Waals surface area contributed by atoms with Crippen LogP contribution in [0.2, 0.25) is 0 Å². The van der Waals surface area contributed by atoms with Gasteiger partial charge in [-0.25, -0.2) is 0 Å².